The first kappa shape index (κ1) is 24.1. The lowest BCUT2D eigenvalue weighted by Gasteiger charge is -2.45. The van der Waals surface area contributed by atoms with Gasteiger partial charge >= 0.3 is 0 Å². The normalized spacial score (nSPS) is 25.5. The maximum atomic E-state index is 13.8. The number of likely N-dealkylation sites (tertiary alicyclic amines) is 1. The second-order valence-corrected chi connectivity index (χ2v) is 10.0. The predicted molar refractivity (Wildman–Crippen MR) is 127 cm³/mol. The van der Waals surface area contributed by atoms with Gasteiger partial charge in [-0.2, -0.15) is 4.98 Å². The number of aromatic nitrogens is 2. The molecule has 1 aliphatic heterocycles. The summed E-state index contributed by atoms with van der Waals surface area (Å²) < 4.78 is 13.8. The third-order valence-corrected chi connectivity index (χ3v) is 7.43. The van der Waals surface area contributed by atoms with Crippen molar-refractivity contribution in [2.45, 2.75) is 89.1 Å². The van der Waals surface area contributed by atoms with Gasteiger partial charge in [-0.05, 0) is 63.7 Å². The quantitative estimate of drug-likeness (QED) is 0.491. The number of primary amides is 1. The number of alkyl halides is 1. The number of amides is 1. The molecule has 1 amide bonds. The van der Waals surface area contributed by atoms with Crippen LogP contribution in [0.4, 0.5) is 16.2 Å². The maximum Gasteiger partial charge on any atom is 0.254 e. The molecule has 0 bridgehead atoms. The topological polar surface area (TPSA) is 108 Å². The smallest absolute Gasteiger partial charge is 0.254 e. The van der Waals surface area contributed by atoms with Gasteiger partial charge in [-0.3, -0.25) is 4.79 Å². The first-order chi connectivity index (χ1) is 15.9. The minimum absolute atomic E-state index is 0.126. The van der Waals surface area contributed by atoms with Gasteiger partial charge < -0.3 is 26.0 Å². The minimum atomic E-state index is -0.986. The van der Waals surface area contributed by atoms with Crippen LogP contribution in [0.2, 0.25) is 0 Å². The number of rotatable bonds is 10. The fourth-order valence-corrected chi connectivity index (χ4v) is 5.20. The summed E-state index contributed by atoms with van der Waals surface area (Å²) in [6, 6.07) is 0.421. The van der Waals surface area contributed by atoms with E-state index in [9.17, 15) is 14.3 Å². The third kappa shape index (κ3) is 6.32. The first-order valence-electron chi connectivity index (χ1n) is 12.7. The van der Waals surface area contributed by atoms with Crippen LogP contribution in [0, 0.1) is 5.92 Å². The molecule has 4 rings (SSSR count). The molecule has 1 aromatic rings. The number of carbonyl (C=O) groups is 1. The molecule has 4 N–H and O–H groups in total. The molecular formula is C24H39FN6O2. The van der Waals surface area contributed by atoms with Gasteiger partial charge in [0.1, 0.15) is 17.6 Å². The molecule has 8 nitrogen and oxygen atoms in total. The highest BCUT2D eigenvalue weighted by Crippen LogP contribution is 2.35. The molecule has 184 valence electrons. The average Bonchev–Trinajstić information content (AvgIpc) is 3.64. The zero-order valence-corrected chi connectivity index (χ0v) is 19.8. The number of anilines is 2. The fourth-order valence-electron chi connectivity index (χ4n) is 5.20. The Labute approximate surface area is 196 Å². The predicted octanol–water partition coefficient (Wildman–Crippen LogP) is 2.72. The molecule has 3 fully saturated rings. The van der Waals surface area contributed by atoms with Gasteiger partial charge in [0.05, 0.1) is 6.10 Å². The highest BCUT2D eigenvalue weighted by molar-refractivity contribution is 5.97. The number of aliphatic hydroxyl groups is 1. The molecule has 1 unspecified atom stereocenters. The monoisotopic (exact) mass is 462 g/mol. The Bertz CT molecular complexity index is 791. The number of piperidine rings is 1. The molecule has 2 saturated carbocycles. The Morgan fingerprint density at radius 2 is 1.88 bits per heavy atom. The Morgan fingerprint density at radius 1 is 1.21 bits per heavy atom. The van der Waals surface area contributed by atoms with Gasteiger partial charge in [-0.15, -0.1) is 0 Å². The zero-order valence-electron chi connectivity index (χ0n) is 19.8. The van der Waals surface area contributed by atoms with E-state index in [-0.39, 0.29) is 24.7 Å². The van der Waals surface area contributed by atoms with Crippen LogP contribution in [0.25, 0.3) is 0 Å². The van der Waals surface area contributed by atoms with Crippen LogP contribution in [0.5, 0.6) is 0 Å². The van der Waals surface area contributed by atoms with Crippen molar-refractivity contribution in [2.24, 2.45) is 11.7 Å². The molecule has 2 heterocycles. The van der Waals surface area contributed by atoms with E-state index in [1.54, 1.807) is 6.92 Å². The number of halogens is 1. The van der Waals surface area contributed by atoms with Crippen molar-refractivity contribution in [2.75, 3.05) is 36.4 Å². The molecule has 1 aromatic heterocycles. The standard InChI is InChI=1S/C24H39FN6O2/c1-2-17(25)13-27-24-28-14-21(22(26)33)23(29-24)31(18-5-7-20(32)8-6-18)19-9-11-30(12-10-19)15-16-3-4-16/h14,16-20,32H,2-13,15H2,1H3,(H2,26,33)(H,27,28,29). The summed E-state index contributed by atoms with van der Waals surface area (Å²) in [7, 11) is 0. The number of nitrogens with one attached hydrogen (secondary N) is 1. The van der Waals surface area contributed by atoms with E-state index in [0.29, 0.717) is 23.8 Å². The average molecular weight is 463 g/mol. The highest BCUT2D eigenvalue weighted by atomic mass is 19.1. The summed E-state index contributed by atoms with van der Waals surface area (Å²) in [5.41, 5.74) is 6.04. The Morgan fingerprint density at radius 3 is 2.48 bits per heavy atom. The van der Waals surface area contributed by atoms with Crippen LogP contribution in [-0.4, -0.2) is 76.4 Å². The number of nitrogens with zero attached hydrogens (tertiary/aromatic N) is 4. The molecule has 1 atom stereocenters. The van der Waals surface area contributed by atoms with Crippen molar-refractivity contribution < 1.29 is 14.3 Å². The van der Waals surface area contributed by atoms with Gasteiger partial charge in [0.2, 0.25) is 5.95 Å². The van der Waals surface area contributed by atoms with Gasteiger partial charge in [-0.1, -0.05) is 6.92 Å². The van der Waals surface area contributed by atoms with E-state index in [0.717, 1.165) is 57.5 Å². The maximum absolute atomic E-state index is 13.8. The van der Waals surface area contributed by atoms with Crippen LogP contribution in [-0.2, 0) is 0 Å². The molecule has 0 aromatic carbocycles. The lowest BCUT2D eigenvalue weighted by molar-refractivity contribution is 0.0997. The Hall–Kier alpha value is -2.00. The summed E-state index contributed by atoms with van der Waals surface area (Å²) in [5.74, 6) is 1.18. The van der Waals surface area contributed by atoms with Gasteiger partial charge in [-0.25, -0.2) is 9.37 Å². The summed E-state index contributed by atoms with van der Waals surface area (Å²) >= 11 is 0. The van der Waals surface area contributed by atoms with Crippen LogP contribution < -0.4 is 16.0 Å². The number of carbonyl (C=O) groups excluding carboxylic acids is 1. The number of aliphatic hydroxyl groups excluding tert-OH is 1. The first-order valence-corrected chi connectivity index (χ1v) is 12.7. The van der Waals surface area contributed by atoms with E-state index >= 15 is 0 Å². The lowest BCUT2D eigenvalue weighted by Crippen LogP contribution is -2.51. The number of hydrogen-bond acceptors (Lipinski definition) is 7. The van der Waals surface area contributed by atoms with Gasteiger partial charge in [0.15, 0.2) is 0 Å². The van der Waals surface area contributed by atoms with Crippen molar-refractivity contribution in [1.82, 2.24) is 14.9 Å². The van der Waals surface area contributed by atoms with Crippen molar-refractivity contribution >= 4 is 17.7 Å². The van der Waals surface area contributed by atoms with Crippen LogP contribution >= 0.6 is 0 Å². The zero-order chi connectivity index (χ0) is 23.4. The molecule has 2 aliphatic carbocycles. The second kappa shape index (κ2) is 11.0. The Balaban J connectivity index is 1.58. The van der Waals surface area contributed by atoms with Crippen molar-refractivity contribution in [3.05, 3.63) is 11.8 Å². The van der Waals surface area contributed by atoms with Crippen LogP contribution in [0.1, 0.15) is 75.1 Å². The molecule has 9 heteroatoms. The second-order valence-electron chi connectivity index (χ2n) is 10.0. The summed E-state index contributed by atoms with van der Waals surface area (Å²) in [6.45, 7) is 5.19. The van der Waals surface area contributed by atoms with E-state index in [2.05, 4.69) is 20.1 Å². The largest absolute Gasteiger partial charge is 0.393 e. The molecule has 33 heavy (non-hydrogen) atoms. The highest BCUT2D eigenvalue weighted by Gasteiger charge is 2.36. The molecule has 0 radical (unpaired) electrons. The third-order valence-electron chi connectivity index (χ3n) is 7.43. The molecule has 0 spiro atoms. The summed E-state index contributed by atoms with van der Waals surface area (Å²) in [4.78, 5) is 26.1. The van der Waals surface area contributed by atoms with E-state index in [1.165, 1.54) is 25.6 Å². The minimum Gasteiger partial charge on any atom is -0.393 e. The number of nitrogens with two attached hydrogens (primary N) is 1. The van der Waals surface area contributed by atoms with Crippen molar-refractivity contribution in [3.8, 4) is 0 Å². The summed E-state index contributed by atoms with van der Waals surface area (Å²) in [6.07, 6.45) is 8.50. The van der Waals surface area contributed by atoms with Crippen LogP contribution in [0.3, 0.4) is 0 Å². The van der Waals surface area contributed by atoms with E-state index in [1.807, 2.05) is 0 Å². The fraction of sp³-hybridized carbons (Fsp3) is 0.792. The van der Waals surface area contributed by atoms with E-state index in [4.69, 9.17) is 10.7 Å². The van der Waals surface area contributed by atoms with Gasteiger partial charge in [0.25, 0.3) is 5.91 Å². The summed E-state index contributed by atoms with van der Waals surface area (Å²) in [5, 5.41) is 13.1. The van der Waals surface area contributed by atoms with Crippen molar-refractivity contribution in [3.63, 3.8) is 0 Å². The Kier molecular flexibility index (Phi) is 8.01. The van der Waals surface area contributed by atoms with Gasteiger partial charge in [0, 0.05) is 44.5 Å². The lowest BCUT2D eigenvalue weighted by atomic mass is 9.89. The molecule has 1 saturated heterocycles. The van der Waals surface area contributed by atoms with E-state index < -0.39 is 12.1 Å². The van der Waals surface area contributed by atoms with Crippen molar-refractivity contribution in [1.29, 1.82) is 0 Å². The molecular weight excluding hydrogens is 423 g/mol. The number of hydrogen-bond donors (Lipinski definition) is 3. The SMILES string of the molecule is CCC(F)CNc1ncc(C(N)=O)c(N(C2CCC(O)CC2)C2CCN(CC3CC3)CC2)n1. The van der Waals surface area contributed by atoms with Crippen LogP contribution in [0.15, 0.2) is 6.20 Å². The molecule has 3 aliphatic rings.